The second-order valence-electron chi connectivity index (χ2n) is 10.7. The quantitative estimate of drug-likeness (QED) is 0.264. The highest BCUT2D eigenvalue weighted by Crippen LogP contribution is 2.32. The fraction of sp³-hybridized carbons (Fsp3) is 0.500. The van der Waals surface area contributed by atoms with Crippen LogP contribution in [-0.2, 0) is 17.6 Å². The van der Waals surface area contributed by atoms with Gasteiger partial charge in [-0.2, -0.15) is 0 Å². The molecular formula is C32H42N2O3. The number of methoxy groups -OCH3 is 1. The van der Waals surface area contributed by atoms with Crippen molar-refractivity contribution < 1.29 is 14.6 Å². The Morgan fingerprint density at radius 3 is 2.68 bits per heavy atom. The van der Waals surface area contributed by atoms with Gasteiger partial charge in [0, 0.05) is 24.5 Å². The number of aryl methyl sites for hydroxylation is 3. The molecule has 0 aliphatic carbocycles. The van der Waals surface area contributed by atoms with E-state index < -0.39 is 5.97 Å². The lowest BCUT2D eigenvalue weighted by atomic mass is 9.79. The van der Waals surface area contributed by atoms with E-state index in [1.165, 1.54) is 41.3 Å². The summed E-state index contributed by atoms with van der Waals surface area (Å²) in [5.41, 5.74) is 5.17. The third-order valence-electron chi connectivity index (χ3n) is 8.20. The van der Waals surface area contributed by atoms with Crippen LogP contribution in [0.3, 0.4) is 0 Å². The Bertz CT molecular complexity index is 1160. The summed E-state index contributed by atoms with van der Waals surface area (Å²) in [5, 5.41) is 10.5. The van der Waals surface area contributed by atoms with Crippen LogP contribution in [0.25, 0.3) is 10.9 Å². The normalized spacial score (nSPS) is 18.2. The van der Waals surface area contributed by atoms with Gasteiger partial charge in [-0.25, -0.2) is 0 Å². The van der Waals surface area contributed by atoms with E-state index in [-0.39, 0.29) is 6.42 Å². The lowest BCUT2D eigenvalue weighted by Gasteiger charge is -2.39. The fourth-order valence-electron chi connectivity index (χ4n) is 6.00. The minimum atomic E-state index is -0.675. The summed E-state index contributed by atoms with van der Waals surface area (Å²) in [6.45, 7) is 5.49. The molecule has 1 N–H and O–H groups in total. The van der Waals surface area contributed by atoms with Crippen LogP contribution in [-0.4, -0.2) is 47.7 Å². The van der Waals surface area contributed by atoms with Gasteiger partial charge in [0.15, 0.2) is 0 Å². The average Bonchev–Trinajstić information content (AvgIpc) is 2.91. The summed E-state index contributed by atoms with van der Waals surface area (Å²) in [6, 6.07) is 16.9. The minimum absolute atomic E-state index is 0.275. The molecule has 1 aliphatic rings. The first-order valence-electron chi connectivity index (χ1n) is 13.9. The Morgan fingerprint density at radius 1 is 1.03 bits per heavy atom. The van der Waals surface area contributed by atoms with Crippen LogP contribution in [0.2, 0.25) is 0 Å². The van der Waals surface area contributed by atoms with Crippen molar-refractivity contribution in [2.24, 2.45) is 11.8 Å². The zero-order chi connectivity index (χ0) is 26.0. The molecule has 4 rings (SSSR count). The Balaban J connectivity index is 1.28. The molecule has 5 heteroatoms. The molecule has 2 aromatic carbocycles. The summed E-state index contributed by atoms with van der Waals surface area (Å²) in [4.78, 5) is 18.4. The van der Waals surface area contributed by atoms with Gasteiger partial charge in [0.1, 0.15) is 5.75 Å². The number of aromatic nitrogens is 1. The van der Waals surface area contributed by atoms with Gasteiger partial charge < -0.3 is 14.7 Å². The van der Waals surface area contributed by atoms with Gasteiger partial charge in [0.05, 0.1) is 12.6 Å². The molecule has 3 aromatic rings. The number of nitrogens with zero attached hydrogens (tertiary/aromatic N) is 2. The Labute approximate surface area is 221 Å². The molecule has 0 amide bonds. The van der Waals surface area contributed by atoms with Crippen molar-refractivity contribution >= 4 is 16.9 Å². The Hall–Kier alpha value is -2.92. The van der Waals surface area contributed by atoms with E-state index in [0.717, 1.165) is 63.0 Å². The van der Waals surface area contributed by atoms with E-state index in [1.807, 2.05) is 18.3 Å². The van der Waals surface area contributed by atoms with Gasteiger partial charge in [-0.1, -0.05) is 24.3 Å². The van der Waals surface area contributed by atoms with Crippen LogP contribution in [0.1, 0.15) is 61.6 Å². The Morgan fingerprint density at radius 2 is 1.86 bits per heavy atom. The standard InChI is InChI=1S/C32H42N2O3/c1-24-8-3-4-9-25(24)10-5-6-20-34-21-18-26(28(23-34)13-16-32(35)36)11-7-12-27-17-19-33-31-15-14-29(37-2)22-30(27)31/h3-4,8-9,14-15,17,19,22,26,28H,5-7,10-13,16,18,20-21,23H2,1-2H3,(H,35,36). The van der Waals surface area contributed by atoms with E-state index in [0.29, 0.717) is 11.8 Å². The van der Waals surface area contributed by atoms with Gasteiger partial charge >= 0.3 is 5.97 Å². The maximum Gasteiger partial charge on any atom is 0.303 e. The molecule has 1 fully saturated rings. The monoisotopic (exact) mass is 502 g/mol. The third kappa shape index (κ3) is 7.78. The number of hydrogen-bond acceptors (Lipinski definition) is 4. The predicted molar refractivity (Wildman–Crippen MR) is 150 cm³/mol. The average molecular weight is 503 g/mol. The van der Waals surface area contributed by atoms with Crippen molar-refractivity contribution in [1.29, 1.82) is 0 Å². The first-order valence-corrected chi connectivity index (χ1v) is 13.9. The van der Waals surface area contributed by atoms with Gasteiger partial charge in [-0.3, -0.25) is 9.78 Å². The van der Waals surface area contributed by atoms with Crippen LogP contribution >= 0.6 is 0 Å². The Kier molecular flexibility index (Phi) is 9.95. The number of piperidine rings is 1. The van der Waals surface area contributed by atoms with Crippen LogP contribution in [0.4, 0.5) is 0 Å². The van der Waals surface area contributed by atoms with Gasteiger partial charge in [0.2, 0.25) is 0 Å². The molecule has 0 saturated carbocycles. The van der Waals surface area contributed by atoms with Crippen molar-refractivity contribution in [2.75, 3.05) is 26.7 Å². The van der Waals surface area contributed by atoms with Crippen LogP contribution in [0.15, 0.2) is 54.7 Å². The largest absolute Gasteiger partial charge is 0.497 e. The lowest BCUT2D eigenvalue weighted by Crippen LogP contribution is -2.41. The molecule has 2 unspecified atom stereocenters. The molecule has 0 bridgehead atoms. The highest BCUT2D eigenvalue weighted by atomic mass is 16.5. The second kappa shape index (κ2) is 13.6. The molecule has 37 heavy (non-hydrogen) atoms. The van der Waals surface area contributed by atoms with E-state index in [4.69, 9.17) is 4.74 Å². The molecule has 1 aliphatic heterocycles. The van der Waals surface area contributed by atoms with Gasteiger partial charge in [-0.15, -0.1) is 0 Å². The van der Waals surface area contributed by atoms with Crippen LogP contribution < -0.4 is 4.74 Å². The van der Waals surface area contributed by atoms with Crippen LogP contribution in [0.5, 0.6) is 5.75 Å². The summed E-state index contributed by atoms with van der Waals surface area (Å²) >= 11 is 0. The molecule has 1 aromatic heterocycles. The number of benzene rings is 2. The van der Waals surface area contributed by atoms with Gasteiger partial charge in [0.25, 0.3) is 0 Å². The number of aliphatic carboxylic acids is 1. The van der Waals surface area contributed by atoms with E-state index >= 15 is 0 Å². The second-order valence-corrected chi connectivity index (χ2v) is 10.7. The molecule has 1 saturated heterocycles. The highest BCUT2D eigenvalue weighted by molar-refractivity contribution is 5.83. The highest BCUT2D eigenvalue weighted by Gasteiger charge is 2.29. The van der Waals surface area contributed by atoms with Crippen molar-refractivity contribution in [3.05, 3.63) is 71.4 Å². The topological polar surface area (TPSA) is 62.7 Å². The number of rotatable bonds is 13. The first kappa shape index (κ1) is 27.1. The zero-order valence-electron chi connectivity index (χ0n) is 22.5. The number of hydrogen-bond donors (Lipinski definition) is 1. The molecule has 0 radical (unpaired) electrons. The smallest absolute Gasteiger partial charge is 0.303 e. The number of fused-ring (bicyclic) bond motifs is 1. The molecule has 2 atom stereocenters. The minimum Gasteiger partial charge on any atom is -0.497 e. The number of carbonyl (C=O) groups is 1. The maximum absolute atomic E-state index is 11.3. The summed E-state index contributed by atoms with van der Waals surface area (Å²) < 4.78 is 5.43. The summed E-state index contributed by atoms with van der Waals surface area (Å²) in [6.07, 6.45) is 11.0. The van der Waals surface area contributed by atoms with Crippen molar-refractivity contribution in [1.82, 2.24) is 9.88 Å². The molecule has 5 nitrogen and oxygen atoms in total. The molecule has 0 spiro atoms. The summed E-state index contributed by atoms with van der Waals surface area (Å²) in [7, 11) is 1.70. The fourth-order valence-corrected chi connectivity index (χ4v) is 6.00. The summed E-state index contributed by atoms with van der Waals surface area (Å²) in [5.74, 6) is 1.26. The number of carboxylic acids is 1. The zero-order valence-corrected chi connectivity index (χ0v) is 22.5. The molecule has 198 valence electrons. The lowest BCUT2D eigenvalue weighted by molar-refractivity contribution is -0.137. The first-order chi connectivity index (χ1) is 18.0. The third-order valence-corrected chi connectivity index (χ3v) is 8.20. The van der Waals surface area contributed by atoms with E-state index in [1.54, 1.807) is 7.11 Å². The number of ether oxygens (including phenoxy) is 1. The van der Waals surface area contributed by atoms with Crippen molar-refractivity contribution in [2.45, 2.75) is 64.7 Å². The molecular weight excluding hydrogens is 460 g/mol. The van der Waals surface area contributed by atoms with Crippen molar-refractivity contribution in [3.63, 3.8) is 0 Å². The molecule has 2 heterocycles. The number of pyridine rings is 1. The van der Waals surface area contributed by atoms with Crippen molar-refractivity contribution in [3.8, 4) is 5.75 Å². The van der Waals surface area contributed by atoms with E-state index in [9.17, 15) is 9.90 Å². The number of unbranched alkanes of at least 4 members (excludes halogenated alkanes) is 1. The number of carboxylic acid groups (broad SMARTS) is 1. The van der Waals surface area contributed by atoms with Gasteiger partial charge in [-0.05, 0) is 124 Å². The van der Waals surface area contributed by atoms with E-state index in [2.05, 4.69) is 53.2 Å². The SMILES string of the molecule is COc1ccc2nccc(CCCC3CCN(CCCCc4ccccc4C)CC3CCC(=O)O)c2c1. The van der Waals surface area contributed by atoms with Crippen LogP contribution in [0, 0.1) is 18.8 Å². The predicted octanol–water partition coefficient (Wildman–Crippen LogP) is 6.70. The maximum atomic E-state index is 11.3. The number of likely N-dealkylation sites (tertiary alicyclic amines) is 1.